The van der Waals surface area contributed by atoms with E-state index in [0.717, 1.165) is 0 Å². The van der Waals surface area contributed by atoms with Gasteiger partial charge in [0.1, 0.15) is 0 Å². The van der Waals surface area contributed by atoms with Crippen LogP contribution in [0.15, 0.2) is 23.0 Å². The van der Waals surface area contributed by atoms with Crippen LogP contribution < -0.4 is 4.06 Å². The van der Waals surface area contributed by atoms with Crippen LogP contribution in [-0.2, 0) is 0 Å². The van der Waals surface area contributed by atoms with Gasteiger partial charge in [-0.15, -0.1) is 0 Å². The zero-order valence-electron chi connectivity index (χ0n) is 6.54. The Bertz CT molecular complexity index is 363. The summed E-state index contributed by atoms with van der Waals surface area (Å²) in [5.74, 6) is 0. The van der Waals surface area contributed by atoms with E-state index >= 15 is 0 Å². The molecule has 0 unspecified atom stereocenters. The van der Waals surface area contributed by atoms with Gasteiger partial charge in [0.05, 0.1) is 8.42 Å². The Balaban J connectivity index is 2.48. The fourth-order valence-electron chi connectivity index (χ4n) is 0.802. The first kappa shape index (κ1) is 8.87. The molecular formula is C7H6OS4. The quantitative estimate of drug-likeness (QED) is 0.682. The normalized spacial score (nSPS) is 16.5. The molecule has 12 heavy (non-hydrogen) atoms. The Morgan fingerprint density at radius 1 is 0.917 bits per heavy atom. The first-order chi connectivity index (χ1) is 5.66. The van der Waals surface area contributed by atoms with Crippen molar-refractivity contribution in [2.75, 3.05) is 0 Å². The molecule has 64 valence electrons. The maximum atomic E-state index is 11.1. The summed E-state index contributed by atoms with van der Waals surface area (Å²) in [6.07, 6.45) is 0. The van der Waals surface area contributed by atoms with Gasteiger partial charge < -0.3 is 0 Å². The predicted octanol–water partition coefficient (Wildman–Crippen LogP) is 3.62. The van der Waals surface area contributed by atoms with Gasteiger partial charge in [0.2, 0.25) is 0 Å². The van der Waals surface area contributed by atoms with E-state index < -0.39 is 0 Å². The number of rotatable bonds is 0. The van der Waals surface area contributed by atoms with E-state index in [1.807, 2.05) is 0 Å². The molecule has 2 heterocycles. The van der Waals surface area contributed by atoms with Gasteiger partial charge in [-0.3, -0.25) is 4.79 Å². The topological polar surface area (TPSA) is 17.1 Å². The molecule has 1 aromatic rings. The number of hydrogen-bond acceptors (Lipinski definition) is 5. The molecule has 0 bridgehead atoms. The number of allylic oxidation sites excluding steroid dienone is 2. The van der Waals surface area contributed by atoms with Crippen LogP contribution in [0, 0.1) is 0 Å². The lowest BCUT2D eigenvalue weighted by Gasteiger charge is -2.11. The fraction of sp³-hybridized carbons (Fsp3) is 0.286. The highest BCUT2D eigenvalue weighted by Crippen LogP contribution is 2.49. The molecule has 1 aliphatic rings. The van der Waals surface area contributed by atoms with Crippen LogP contribution in [0.25, 0.3) is 0 Å². The average molecular weight is 234 g/mol. The lowest BCUT2D eigenvalue weighted by Crippen LogP contribution is -1.80. The van der Waals surface area contributed by atoms with Crippen LogP contribution in [0.1, 0.15) is 13.8 Å². The molecule has 0 amide bonds. The summed E-state index contributed by atoms with van der Waals surface area (Å²) < 4.78 is 2.57. The van der Waals surface area contributed by atoms with Crippen LogP contribution in [0.2, 0.25) is 0 Å². The summed E-state index contributed by atoms with van der Waals surface area (Å²) in [6, 6.07) is 0. The van der Waals surface area contributed by atoms with Gasteiger partial charge in [0.25, 0.3) is 4.06 Å². The molecule has 0 aliphatic carbocycles. The molecule has 0 atom stereocenters. The minimum Gasteiger partial charge on any atom is -0.265 e. The van der Waals surface area contributed by atoms with E-state index in [0.29, 0.717) is 0 Å². The van der Waals surface area contributed by atoms with E-state index in [9.17, 15) is 4.79 Å². The predicted molar refractivity (Wildman–Crippen MR) is 58.6 cm³/mol. The highest BCUT2D eigenvalue weighted by atomic mass is 32.2. The fourth-order valence-corrected chi connectivity index (χ4v) is 6.05. The molecule has 0 aromatic carbocycles. The van der Waals surface area contributed by atoms with Gasteiger partial charge in [-0.1, -0.05) is 46.2 Å². The average Bonchev–Trinajstić information content (AvgIpc) is 2.30. The zero-order valence-corrected chi connectivity index (χ0v) is 9.81. The van der Waals surface area contributed by atoms with Gasteiger partial charge in [0.15, 0.2) is 0 Å². The van der Waals surface area contributed by atoms with Crippen molar-refractivity contribution in [1.29, 1.82) is 0 Å². The van der Waals surface area contributed by atoms with Crippen molar-refractivity contribution in [3.05, 3.63) is 18.7 Å². The molecule has 5 heteroatoms. The van der Waals surface area contributed by atoms with Gasteiger partial charge in [-0.25, -0.2) is 0 Å². The lowest BCUT2D eigenvalue weighted by atomic mass is 10.6. The van der Waals surface area contributed by atoms with Gasteiger partial charge in [-0.05, 0) is 23.7 Å². The minimum atomic E-state index is 0.211. The zero-order chi connectivity index (χ0) is 8.72. The summed E-state index contributed by atoms with van der Waals surface area (Å²) in [6.45, 7) is 4.20. The van der Waals surface area contributed by atoms with Crippen LogP contribution in [0.4, 0.5) is 0 Å². The molecule has 0 spiro atoms. The number of fused-ring (bicyclic) bond motifs is 1. The second kappa shape index (κ2) is 3.21. The van der Waals surface area contributed by atoms with Gasteiger partial charge >= 0.3 is 0 Å². The van der Waals surface area contributed by atoms with E-state index in [1.54, 1.807) is 23.5 Å². The monoisotopic (exact) mass is 234 g/mol. The maximum absolute atomic E-state index is 11.1. The molecule has 0 saturated heterocycles. The summed E-state index contributed by atoms with van der Waals surface area (Å²) in [4.78, 5) is 13.7. The third-order valence-electron chi connectivity index (χ3n) is 1.51. The molecule has 1 aliphatic heterocycles. The Kier molecular flexibility index (Phi) is 2.37. The molecule has 0 fully saturated rings. The molecule has 2 rings (SSSR count). The highest BCUT2D eigenvalue weighted by Gasteiger charge is 2.17. The third kappa shape index (κ3) is 1.51. The first-order valence-corrected chi connectivity index (χ1v) is 6.60. The first-order valence-electron chi connectivity index (χ1n) is 3.34. The summed E-state index contributed by atoms with van der Waals surface area (Å²) in [5.41, 5.74) is 0. The van der Waals surface area contributed by atoms with Crippen LogP contribution in [0.3, 0.4) is 0 Å². The molecule has 1 aromatic heterocycles. The summed E-state index contributed by atoms with van der Waals surface area (Å²) in [5, 5.41) is 0. The second-order valence-electron chi connectivity index (χ2n) is 2.35. The van der Waals surface area contributed by atoms with Crippen LogP contribution in [-0.4, -0.2) is 0 Å². The van der Waals surface area contributed by atoms with Crippen molar-refractivity contribution >= 4 is 46.2 Å². The minimum absolute atomic E-state index is 0.211. The molecule has 0 saturated carbocycles. The molecule has 1 nitrogen and oxygen atoms in total. The largest absolute Gasteiger partial charge is 0.289 e. The lowest BCUT2D eigenvalue weighted by molar-refractivity contribution is 1.45. The van der Waals surface area contributed by atoms with Crippen LogP contribution in [0.5, 0.6) is 0 Å². The summed E-state index contributed by atoms with van der Waals surface area (Å²) in [7, 11) is 0. The smallest absolute Gasteiger partial charge is 0.265 e. The Labute approximate surface area is 86.9 Å². The highest BCUT2D eigenvalue weighted by molar-refractivity contribution is 8.11. The van der Waals surface area contributed by atoms with Gasteiger partial charge in [0, 0.05) is 0 Å². The standard InChI is InChI=1S/C7H6OS4/c1-3-4(2)10-6-5(9-3)11-7(8)12-6/h1-2H3. The number of hydrogen-bond donors (Lipinski definition) is 0. The Morgan fingerprint density at radius 3 is 1.75 bits per heavy atom. The van der Waals surface area contributed by atoms with E-state index in [1.165, 1.54) is 40.9 Å². The SMILES string of the molecule is CC1=C(C)Sc2sc(=O)sc2S1. The molecule has 0 radical (unpaired) electrons. The van der Waals surface area contributed by atoms with Crippen molar-refractivity contribution in [1.82, 2.24) is 0 Å². The summed E-state index contributed by atoms with van der Waals surface area (Å²) >= 11 is 6.19. The van der Waals surface area contributed by atoms with Crippen molar-refractivity contribution < 1.29 is 0 Å². The maximum Gasteiger partial charge on any atom is 0.289 e. The second-order valence-corrected chi connectivity index (χ2v) is 7.54. The van der Waals surface area contributed by atoms with Crippen molar-refractivity contribution in [3.8, 4) is 0 Å². The van der Waals surface area contributed by atoms with Crippen molar-refractivity contribution in [2.24, 2.45) is 0 Å². The molecular weight excluding hydrogens is 228 g/mol. The van der Waals surface area contributed by atoms with Gasteiger partial charge in [-0.2, -0.15) is 0 Å². The Hall–Kier alpha value is 0.290. The third-order valence-corrected chi connectivity index (χ3v) is 6.77. The van der Waals surface area contributed by atoms with E-state index in [-0.39, 0.29) is 4.06 Å². The van der Waals surface area contributed by atoms with Crippen LogP contribution >= 0.6 is 46.2 Å². The number of thioether (sulfide) groups is 2. The molecule has 0 N–H and O–H groups in total. The Morgan fingerprint density at radius 2 is 1.33 bits per heavy atom. The van der Waals surface area contributed by atoms with Crippen molar-refractivity contribution in [2.45, 2.75) is 22.3 Å². The van der Waals surface area contributed by atoms with Crippen molar-refractivity contribution in [3.63, 3.8) is 0 Å². The van der Waals surface area contributed by atoms with E-state index in [4.69, 9.17) is 0 Å². The van der Waals surface area contributed by atoms with E-state index in [2.05, 4.69) is 13.8 Å².